The van der Waals surface area contributed by atoms with E-state index in [4.69, 9.17) is 4.74 Å². The number of rotatable bonds is 6. The van der Waals surface area contributed by atoms with Crippen molar-refractivity contribution in [2.24, 2.45) is 0 Å². The Balaban J connectivity index is 2.89. The summed E-state index contributed by atoms with van der Waals surface area (Å²) in [4.78, 5) is 11.7. The van der Waals surface area contributed by atoms with E-state index in [1.807, 2.05) is 11.5 Å². The molecule has 1 aromatic heterocycles. The number of aromatic nitrogens is 3. The third-order valence-corrected chi connectivity index (χ3v) is 3.15. The third-order valence-electron chi connectivity index (χ3n) is 2.50. The van der Waals surface area contributed by atoms with Crippen LogP contribution >= 0.6 is 11.8 Å². The lowest BCUT2D eigenvalue weighted by Gasteiger charge is -2.15. The maximum atomic E-state index is 11.7. The van der Waals surface area contributed by atoms with Gasteiger partial charge in [0.1, 0.15) is 5.82 Å². The van der Waals surface area contributed by atoms with Gasteiger partial charge in [-0.15, -0.1) is 10.2 Å². The lowest BCUT2D eigenvalue weighted by Crippen LogP contribution is -2.18. The van der Waals surface area contributed by atoms with E-state index in [2.05, 4.69) is 23.4 Å². The summed E-state index contributed by atoms with van der Waals surface area (Å²) in [5.74, 6) is 1.70. The van der Waals surface area contributed by atoms with E-state index >= 15 is 0 Å². The number of esters is 1. The monoisotopic (exact) mass is 257 g/mol. The highest BCUT2D eigenvalue weighted by atomic mass is 32.2. The number of thioether (sulfide) groups is 1. The summed E-state index contributed by atoms with van der Waals surface area (Å²) in [7, 11) is 0. The van der Waals surface area contributed by atoms with Crippen molar-refractivity contribution >= 4 is 17.7 Å². The van der Waals surface area contributed by atoms with Crippen LogP contribution in [0.25, 0.3) is 0 Å². The van der Waals surface area contributed by atoms with Gasteiger partial charge in [0.05, 0.1) is 6.61 Å². The molecule has 0 aliphatic rings. The van der Waals surface area contributed by atoms with Gasteiger partial charge in [-0.3, -0.25) is 0 Å². The summed E-state index contributed by atoms with van der Waals surface area (Å²) in [5, 5.41) is 7.85. The Morgan fingerprint density at radius 3 is 2.82 bits per heavy atom. The van der Waals surface area contributed by atoms with E-state index < -0.39 is 5.97 Å². The van der Waals surface area contributed by atoms with Crippen LogP contribution in [0.15, 0.2) is 0 Å². The molecular formula is C11H19N3O2S. The zero-order chi connectivity index (χ0) is 12.8. The molecule has 6 heteroatoms. The van der Waals surface area contributed by atoms with E-state index in [1.54, 1.807) is 18.7 Å². The molecule has 0 N–H and O–H groups in total. The Labute approximate surface area is 106 Å². The fourth-order valence-corrected chi connectivity index (χ4v) is 2.23. The summed E-state index contributed by atoms with van der Waals surface area (Å²) < 4.78 is 6.82. The molecule has 1 rings (SSSR count). The van der Waals surface area contributed by atoms with Crippen LogP contribution in [-0.2, 0) is 4.74 Å². The third kappa shape index (κ3) is 3.46. The molecule has 17 heavy (non-hydrogen) atoms. The van der Waals surface area contributed by atoms with Gasteiger partial charge in [0, 0.05) is 6.04 Å². The van der Waals surface area contributed by atoms with Crippen LogP contribution in [0.3, 0.4) is 0 Å². The number of carbonyl (C=O) groups is 1. The predicted octanol–water partition coefficient (Wildman–Crippen LogP) is 2.08. The molecule has 5 nitrogen and oxygen atoms in total. The second-order valence-corrected chi connectivity index (χ2v) is 4.78. The van der Waals surface area contributed by atoms with Crippen molar-refractivity contribution in [3.63, 3.8) is 0 Å². The molecule has 1 aromatic rings. The molecule has 0 aliphatic heterocycles. The topological polar surface area (TPSA) is 57.0 Å². The zero-order valence-electron chi connectivity index (χ0n) is 10.8. The van der Waals surface area contributed by atoms with Gasteiger partial charge in [-0.25, -0.2) is 4.79 Å². The highest BCUT2D eigenvalue weighted by Crippen LogP contribution is 2.17. The summed E-state index contributed by atoms with van der Waals surface area (Å²) in [6, 6.07) is 0.205. The molecule has 0 radical (unpaired) electrons. The van der Waals surface area contributed by atoms with Crippen LogP contribution in [0.4, 0.5) is 0 Å². The van der Waals surface area contributed by atoms with Gasteiger partial charge in [-0.2, -0.15) is 11.8 Å². The van der Waals surface area contributed by atoms with Crippen LogP contribution < -0.4 is 0 Å². The van der Waals surface area contributed by atoms with E-state index in [1.165, 1.54) is 0 Å². The summed E-state index contributed by atoms with van der Waals surface area (Å²) >= 11 is 1.79. The van der Waals surface area contributed by atoms with Crippen molar-refractivity contribution in [3.05, 3.63) is 11.6 Å². The lowest BCUT2D eigenvalue weighted by molar-refractivity contribution is 0.0503. The SMILES string of the molecule is CCOC(=O)c1nnc(C)n1C(C)CCSC. The van der Waals surface area contributed by atoms with Crippen molar-refractivity contribution in [1.82, 2.24) is 14.8 Å². The molecule has 1 heterocycles. The summed E-state index contributed by atoms with van der Waals surface area (Å²) in [6.45, 7) is 6.05. The van der Waals surface area contributed by atoms with Gasteiger partial charge in [0.25, 0.3) is 0 Å². The normalized spacial score (nSPS) is 12.5. The maximum absolute atomic E-state index is 11.7. The van der Waals surface area contributed by atoms with Crippen molar-refractivity contribution in [3.8, 4) is 0 Å². The fraction of sp³-hybridized carbons (Fsp3) is 0.727. The standard InChI is InChI=1S/C11H19N3O2S/c1-5-16-11(15)10-13-12-9(3)14(10)8(2)6-7-17-4/h8H,5-7H2,1-4H3. The first-order chi connectivity index (χ1) is 8.11. The van der Waals surface area contributed by atoms with Gasteiger partial charge in [0.15, 0.2) is 0 Å². The highest BCUT2D eigenvalue weighted by Gasteiger charge is 2.21. The number of hydrogen-bond donors (Lipinski definition) is 0. The first-order valence-electron chi connectivity index (χ1n) is 5.69. The largest absolute Gasteiger partial charge is 0.460 e. The highest BCUT2D eigenvalue weighted by molar-refractivity contribution is 7.98. The van der Waals surface area contributed by atoms with Crippen molar-refractivity contribution in [2.75, 3.05) is 18.6 Å². The Morgan fingerprint density at radius 1 is 1.53 bits per heavy atom. The van der Waals surface area contributed by atoms with Crippen LogP contribution in [0, 0.1) is 6.92 Å². The molecule has 0 bridgehead atoms. The van der Waals surface area contributed by atoms with E-state index in [-0.39, 0.29) is 6.04 Å². The zero-order valence-corrected chi connectivity index (χ0v) is 11.6. The number of aryl methyl sites for hydroxylation is 1. The minimum absolute atomic E-state index is 0.205. The number of ether oxygens (including phenoxy) is 1. The van der Waals surface area contributed by atoms with E-state index in [9.17, 15) is 4.79 Å². The van der Waals surface area contributed by atoms with Crippen molar-refractivity contribution in [1.29, 1.82) is 0 Å². The van der Waals surface area contributed by atoms with Crippen molar-refractivity contribution in [2.45, 2.75) is 33.2 Å². The molecule has 1 unspecified atom stereocenters. The Hall–Kier alpha value is -1.04. The molecule has 0 amide bonds. The minimum atomic E-state index is -0.399. The molecule has 0 fully saturated rings. The Bertz CT molecular complexity index is 379. The van der Waals surface area contributed by atoms with E-state index in [0.717, 1.165) is 18.0 Å². The Kier molecular flexibility index (Phi) is 5.47. The number of carbonyl (C=O) groups excluding carboxylic acids is 1. The average Bonchev–Trinajstić information content (AvgIpc) is 2.68. The summed E-state index contributed by atoms with van der Waals surface area (Å²) in [5.41, 5.74) is 0. The quantitative estimate of drug-likeness (QED) is 0.730. The van der Waals surface area contributed by atoms with Gasteiger partial charge >= 0.3 is 5.97 Å². The van der Waals surface area contributed by atoms with Crippen LogP contribution in [-0.4, -0.2) is 39.3 Å². The number of hydrogen-bond acceptors (Lipinski definition) is 5. The Morgan fingerprint density at radius 2 is 2.24 bits per heavy atom. The van der Waals surface area contributed by atoms with Gasteiger partial charge in [-0.1, -0.05) is 0 Å². The number of nitrogens with zero attached hydrogens (tertiary/aromatic N) is 3. The summed E-state index contributed by atoms with van der Waals surface area (Å²) in [6.07, 6.45) is 3.05. The van der Waals surface area contributed by atoms with Gasteiger partial charge < -0.3 is 9.30 Å². The first-order valence-corrected chi connectivity index (χ1v) is 7.08. The molecule has 0 saturated heterocycles. The fourth-order valence-electron chi connectivity index (χ4n) is 1.65. The smallest absolute Gasteiger partial charge is 0.376 e. The molecule has 0 spiro atoms. The molecule has 1 atom stereocenters. The molecule has 96 valence electrons. The first kappa shape index (κ1) is 14.0. The molecular weight excluding hydrogens is 238 g/mol. The van der Waals surface area contributed by atoms with E-state index in [0.29, 0.717) is 12.4 Å². The molecule has 0 aromatic carbocycles. The second-order valence-electron chi connectivity index (χ2n) is 3.79. The van der Waals surface area contributed by atoms with Crippen LogP contribution in [0.5, 0.6) is 0 Å². The second kappa shape index (κ2) is 6.64. The maximum Gasteiger partial charge on any atom is 0.376 e. The van der Waals surface area contributed by atoms with Crippen LogP contribution in [0.1, 0.15) is 42.8 Å². The lowest BCUT2D eigenvalue weighted by atomic mass is 10.2. The van der Waals surface area contributed by atoms with Crippen molar-refractivity contribution < 1.29 is 9.53 Å². The van der Waals surface area contributed by atoms with Gasteiger partial charge in [-0.05, 0) is 39.2 Å². The van der Waals surface area contributed by atoms with Crippen LogP contribution in [0.2, 0.25) is 0 Å². The minimum Gasteiger partial charge on any atom is -0.460 e. The van der Waals surface area contributed by atoms with Gasteiger partial charge in [0.2, 0.25) is 5.82 Å². The molecule has 0 saturated carbocycles. The molecule has 0 aliphatic carbocycles. The average molecular weight is 257 g/mol. The predicted molar refractivity (Wildman–Crippen MR) is 68.4 cm³/mol.